The van der Waals surface area contributed by atoms with Crippen LogP contribution in [0.2, 0.25) is 0 Å². The zero-order chi connectivity index (χ0) is 17.2. The van der Waals surface area contributed by atoms with Crippen molar-refractivity contribution in [3.63, 3.8) is 0 Å². The second kappa shape index (κ2) is 9.82. The third-order valence-corrected chi connectivity index (χ3v) is 4.25. The van der Waals surface area contributed by atoms with Gasteiger partial charge in [-0.05, 0) is 18.6 Å². The minimum Gasteiger partial charge on any atom is -0.326 e. The minimum atomic E-state index is 0.0755. The van der Waals surface area contributed by atoms with Gasteiger partial charge < -0.3 is 5.32 Å². The molecule has 0 spiro atoms. The Morgan fingerprint density at radius 2 is 2.08 bits per heavy atom. The average molecular weight is 344 g/mol. The van der Waals surface area contributed by atoms with Crippen LogP contribution in [-0.2, 0) is 4.79 Å². The Kier molecular flexibility index (Phi) is 7.42. The number of hydrogen-bond donors (Lipinski definition) is 3. The molecule has 1 amide bonds. The van der Waals surface area contributed by atoms with Crippen molar-refractivity contribution in [2.75, 3.05) is 11.9 Å². The van der Waals surface area contributed by atoms with E-state index >= 15 is 0 Å². The first-order valence-corrected chi connectivity index (χ1v) is 9.05. The SMILES string of the molecule is C=CCN=C1NNC(c2ccc(NC(=O)CCCCC)cc2)=CS1. The lowest BCUT2D eigenvalue weighted by atomic mass is 10.1. The van der Waals surface area contributed by atoms with Crippen molar-refractivity contribution < 1.29 is 4.79 Å². The quantitative estimate of drug-likeness (QED) is 0.494. The molecule has 24 heavy (non-hydrogen) atoms. The minimum absolute atomic E-state index is 0.0755. The van der Waals surface area contributed by atoms with Crippen LogP contribution in [0.25, 0.3) is 5.70 Å². The van der Waals surface area contributed by atoms with Crippen LogP contribution in [0.5, 0.6) is 0 Å². The molecule has 0 aliphatic carbocycles. The van der Waals surface area contributed by atoms with E-state index in [0.29, 0.717) is 13.0 Å². The van der Waals surface area contributed by atoms with Gasteiger partial charge in [0.15, 0.2) is 5.17 Å². The van der Waals surface area contributed by atoms with Crippen LogP contribution >= 0.6 is 11.8 Å². The van der Waals surface area contributed by atoms with Gasteiger partial charge in [0.1, 0.15) is 0 Å². The third kappa shape index (κ3) is 5.77. The molecule has 1 aliphatic rings. The standard InChI is InChI=1S/C18H24N4OS/c1-3-5-6-7-17(23)20-15-10-8-14(9-11-15)16-13-24-18(22-21-16)19-12-4-2/h4,8-11,13,21H,2-3,5-7,12H2,1H3,(H,19,22)(H,20,23). The Hall–Kier alpha value is -2.21. The van der Waals surface area contributed by atoms with Gasteiger partial charge in [-0.1, -0.05) is 49.7 Å². The molecule has 5 nitrogen and oxygen atoms in total. The first-order valence-electron chi connectivity index (χ1n) is 8.17. The average Bonchev–Trinajstić information content (AvgIpc) is 2.61. The number of nitrogens with zero attached hydrogens (tertiary/aromatic N) is 1. The Labute approximate surface area is 147 Å². The van der Waals surface area contributed by atoms with Gasteiger partial charge in [0.25, 0.3) is 0 Å². The third-order valence-electron chi connectivity index (χ3n) is 3.44. The highest BCUT2D eigenvalue weighted by molar-refractivity contribution is 8.16. The van der Waals surface area contributed by atoms with Crippen LogP contribution in [0.1, 0.15) is 38.2 Å². The second-order valence-electron chi connectivity index (χ2n) is 5.42. The first kappa shape index (κ1) is 18.1. The number of nitrogens with one attached hydrogen (secondary N) is 3. The Balaban J connectivity index is 1.89. The fourth-order valence-corrected chi connectivity index (χ4v) is 2.83. The lowest BCUT2D eigenvalue weighted by Crippen LogP contribution is -2.37. The highest BCUT2D eigenvalue weighted by Crippen LogP contribution is 2.21. The molecular weight excluding hydrogens is 320 g/mol. The second-order valence-corrected chi connectivity index (χ2v) is 6.27. The summed E-state index contributed by atoms with van der Waals surface area (Å²) in [5, 5.41) is 5.76. The number of hydrazine groups is 1. The van der Waals surface area contributed by atoms with Gasteiger partial charge >= 0.3 is 0 Å². The molecule has 0 unspecified atom stereocenters. The van der Waals surface area contributed by atoms with Gasteiger partial charge in [0.2, 0.25) is 5.91 Å². The summed E-state index contributed by atoms with van der Waals surface area (Å²) >= 11 is 1.53. The number of carbonyl (C=O) groups is 1. The smallest absolute Gasteiger partial charge is 0.224 e. The summed E-state index contributed by atoms with van der Waals surface area (Å²) in [5.74, 6) is 0.0755. The molecule has 0 bridgehead atoms. The predicted molar refractivity (Wildman–Crippen MR) is 104 cm³/mol. The summed E-state index contributed by atoms with van der Waals surface area (Å²) in [4.78, 5) is 16.1. The fraction of sp³-hybridized carbons (Fsp3) is 0.333. The number of unbranched alkanes of at least 4 members (excludes halogenated alkanes) is 2. The Bertz CT molecular complexity index is 622. The molecule has 128 valence electrons. The number of benzene rings is 1. The Morgan fingerprint density at radius 1 is 1.29 bits per heavy atom. The number of carbonyl (C=O) groups excluding carboxylic acids is 1. The van der Waals surface area contributed by atoms with Gasteiger partial charge in [0, 0.05) is 23.1 Å². The number of thioether (sulfide) groups is 1. The van der Waals surface area contributed by atoms with Gasteiger partial charge in [-0.3, -0.25) is 20.6 Å². The molecule has 0 saturated carbocycles. The Morgan fingerprint density at radius 3 is 2.71 bits per heavy atom. The number of rotatable bonds is 8. The van der Waals surface area contributed by atoms with Crippen molar-refractivity contribution >= 4 is 34.2 Å². The lowest BCUT2D eigenvalue weighted by molar-refractivity contribution is -0.116. The molecule has 2 rings (SSSR count). The zero-order valence-corrected chi connectivity index (χ0v) is 14.8. The van der Waals surface area contributed by atoms with E-state index in [0.717, 1.165) is 41.4 Å². The molecule has 1 aliphatic heterocycles. The molecule has 1 heterocycles. The summed E-state index contributed by atoms with van der Waals surface area (Å²) in [7, 11) is 0. The van der Waals surface area contributed by atoms with E-state index in [9.17, 15) is 4.79 Å². The summed E-state index contributed by atoms with van der Waals surface area (Å²) < 4.78 is 0. The van der Waals surface area contributed by atoms with E-state index in [1.54, 1.807) is 6.08 Å². The summed E-state index contributed by atoms with van der Waals surface area (Å²) in [6.07, 6.45) is 5.49. The molecule has 1 aromatic rings. The molecule has 0 radical (unpaired) electrons. The highest BCUT2D eigenvalue weighted by Gasteiger charge is 2.10. The van der Waals surface area contributed by atoms with Gasteiger partial charge in [-0.15, -0.1) is 6.58 Å². The monoisotopic (exact) mass is 344 g/mol. The number of aliphatic imine (C=N–C) groups is 1. The van der Waals surface area contributed by atoms with Gasteiger partial charge in [0.05, 0.1) is 12.2 Å². The van der Waals surface area contributed by atoms with Crippen molar-refractivity contribution in [1.29, 1.82) is 0 Å². The number of hydrogen-bond acceptors (Lipinski definition) is 4. The van der Waals surface area contributed by atoms with E-state index in [1.807, 2.05) is 29.7 Å². The maximum absolute atomic E-state index is 11.8. The van der Waals surface area contributed by atoms with Gasteiger partial charge in [-0.25, -0.2) is 0 Å². The van der Waals surface area contributed by atoms with E-state index in [4.69, 9.17) is 0 Å². The predicted octanol–water partition coefficient (Wildman–Crippen LogP) is 3.89. The van der Waals surface area contributed by atoms with Crippen LogP contribution in [-0.4, -0.2) is 17.6 Å². The normalized spacial score (nSPS) is 15.2. The number of amidine groups is 1. The number of anilines is 1. The molecule has 6 heteroatoms. The lowest BCUT2D eigenvalue weighted by Gasteiger charge is -2.19. The number of amides is 1. The van der Waals surface area contributed by atoms with E-state index in [-0.39, 0.29) is 5.91 Å². The van der Waals surface area contributed by atoms with Crippen molar-refractivity contribution in [2.45, 2.75) is 32.6 Å². The van der Waals surface area contributed by atoms with Crippen molar-refractivity contribution in [2.24, 2.45) is 4.99 Å². The molecule has 0 aromatic heterocycles. The van der Waals surface area contributed by atoms with Crippen LogP contribution in [0.3, 0.4) is 0 Å². The summed E-state index contributed by atoms with van der Waals surface area (Å²) in [6, 6.07) is 7.80. The largest absolute Gasteiger partial charge is 0.326 e. The van der Waals surface area contributed by atoms with E-state index < -0.39 is 0 Å². The molecule has 1 aromatic carbocycles. The molecule has 0 fully saturated rings. The highest BCUT2D eigenvalue weighted by atomic mass is 32.2. The fourth-order valence-electron chi connectivity index (χ4n) is 2.15. The van der Waals surface area contributed by atoms with Crippen molar-refractivity contribution in [3.05, 3.63) is 47.9 Å². The van der Waals surface area contributed by atoms with Crippen LogP contribution in [0, 0.1) is 0 Å². The topological polar surface area (TPSA) is 65.5 Å². The van der Waals surface area contributed by atoms with Crippen LogP contribution in [0.15, 0.2) is 47.3 Å². The maximum atomic E-state index is 11.8. The van der Waals surface area contributed by atoms with Crippen molar-refractivity contribution in [3.8, 4) is 0 Å². The van der Waals surface area contributed by atoms with Gasteiger partial charge in [-0.2, -0.15) is 0 Å². The van der Waals surface area contributed by atoms with E-state index in [1.165, 1.54) is 11.8 Å². The molecule has 0 saturated heterocycles. The van der Waals surface area contributed by atoms with Crippen LogP contribution < -0.4 is 16.2 Å². The maximum Gasteiger partial charge on any atom is 0.224 e. The summed E-state index contributed by atoms with van der Waals surface area (Å²) in [6.45, 7) is 6.37. The van der Waals surface area contributed by atoms with Crippen molar-refractivity contribution in [1.82, 2.24) is 10.9 Å². The zero-order valence-electron chi connectivity index (χ0n) is 14.0. The molecule has 0 atom stereocenters. The van der Waals surface area contributed by atoms with E-state index in [2.05, 4.69) is 34.7 Å². The molecular formula is C18H24N4OS. The molecule has 3 N–H and O–H groups in total. The summed E-state index contributed by atoms with van der Waals surface area (Å²) in [5.41, 5.74) is 9.02. The first-order chi connectivity index (χ1) is 11.7. The van der Waals surface area contributed by atoms with Crippen LogP contribution in [0.4, 0.5) is 5.69 Å².